The molecule has 0 aliphatic carbocycles. The van der Waals surface area contributed by atoms with Crippen LogP contribution in [-0.4, -0.2) is 63.1 Å². The van der Waals surface area contributed by atoms with E-state index in [9.17, 15) is 14.4 Å². The Hall–Kier alpha value is -4.74. The van der Waals surface area contributed by atoms with Crippen molar-refractivity contribution in [3.8, 4) is 0 Å². The number of aromatic amines is 3. The fourth-order valence-corrected chi connectivity index (χ4v) is 1.56. The van der Waals surface area contributed by atoms with Gasteiger partial charge in [-0.3, -0.25) is 0 Å². The molecule has 3 aromatic rings. The highest BCUT2D eigenvalue weighted by Gasteiger charge is 1.89. The Labute approximate surface area is 169 Å². The van der Waals surface area contributed by atoms with Crippen LogP contribution in [0.25, 0.3) is 18.2 Å². The summed E-state index contributed by atoms with van der Waals surface area (Å²) in [5.74, 6) is -2.89. The van der Waals surface area contributed by atoms with Crippen molar-refractivity contribution in [2.45, 2.75) is 0 Å². The van der Waals surface area contributed by atoms with Crippen LogP contribution in [0, 0.1) is 0 Å². The molecule has 0 saturated heterocycles. The van der Waals surface area contributed by atoms with E-state index in [0.717, 1.165) is 18.2 Å². The second-order valence-corrected chi connectivity index (χ2v) is 5.04. The molecule has 0 atom stereocenters. The number of hydrogen-bond donors (Lipinski definition) is 6. The van der Waals surface area contributed by atoms with E-state index < -0.39 is 17.9 Å². The van der Waals surface area contributed by atoms with E-state index in [1.54, 1.807) is 18.6 Å². The molecule has 12 heteroatoms. The second kappa shape index (κ2) is 13.4. The predicted molar refractivity (Wildman–Crippen MR) is 106 cm³/mol. The zero-order valence-electron chi connectivity index (χ0n) is 15.3. The molecule has 0 amide bonds. The topological polar surface area (TPSA) is 198 Å². The third-order valence-electron chi connectivity index (χ3n) is 2.77. The number of carboxylic acids is 3. The number of rotatable bonds is 6. The fraction of sp³-hybridized carbons (Fsp3) is 0. The molecule has 0 bridgehead atoms. The lowest BCUT2D eigenvalue weighted by molar-refractivity contribution is -0.132. The molecule has 156 valence electrons. The smallest absolute Gasteiger partial charge is 0.328 e. The molecule has 12 nitrogen and oxygen atoms in total. The SMILES string of the molecule is O=C(O)/C=C/c1cnc[nH]1.O=C(O)/C=C/c1cnc[nH]1.O=C(O)/C=C\c1cnc[nH]1. The van der Waals surface area contributed by atoms with Crippen molar-refractivity contribution in [1.29, 1.82) is 0 Å². The van der Waals surface area contributed by atoms with E-state index in [1.165, 1.54) is 37.2 Å². The summed E-state index contributed by atoms with van der Waals surface area (Å²) in [6, 6.07) is 0. The van der Waals surface area contributed by atoms with Crippen molar-refractivity contribution in [2.24, 2.45) is 0 Å². The minimum Gasteiger partial charge on any atom is -0.478 e. The predicted octanol–water partition coefficient (Wildman–Crippen LogP) is 1.52. The normalized spacial score (nSPS) is 10.4. The van der Waals surface area contributed by atoms with Gasteiger partial charge in [0.15, 0.2) is 0 Å². The third-order valence-corrected chi connectivity index (χ3v) is 2.77. The zero-order chi connectivity index (χ0) is 22.2. The van der Waals surface area contributed by atoms with E-state index >= 15 is 0 Å². The van der Waals surface area contributed by atoms with Gasteiger partial charge in [0.25, 0.3) is 0 Å². The lowest BCUT2D eigenvalue weighted by atomic mass is 10.4. The first-order valence-corrected chi connectivity index (χ1v) is 8.05. The van der Waals surface area contributed by atoms with Gasteiger partial charge in [0.2, 0.25) is 0 Å². The maximum atomic E-state index is 9.97. The van der Waals surface area contributed by atoms with Crippen LogP contribution in [-0.2, 0) is 14.4 Å². The second-order valence-electron chi connectivity index (χ2n) is 5.04. The molecule has 3 rings (SSSR count). The fourth-order valence-electron chi connectivity index (χ4n) is 1.56. The molecule has 0 aromatic carbocycles. The van der Waals surface area contributed by atoms with Gasteiger partial charge in [-0.1, -0.05) is 0 Å². The summed E-state index contributed by atoms with van der Waals surface area (Å²) in [5.41, 5.74) is 2.05. The number of hydrogen-bond acceptors (Lipinski definition) is 6. The molecule has 0 spiro atoms. The zero-order valence-corrected chi connectivity index (χ0v) is 15.3. The summed E-state index contributed by atoms with van der Waals surface area (Å²) in [6.07, 6.45) is 16.6. The lowest BCUT2D eigenvalue weighted by Gasteiger charge is -1.79. The van der Waals surface area contributed by atoms with Gasteiger partial charge in [0.05, 0.1) is 54.7 Å². The molecule has 0 aliphatic heterocycles. The Morgan fingerprint density at radius 2 is 0.867 bits per heavy atom. The molecule has 0 saturated carbocycles. The van der Waals surface area contributed by atoms with Crippen molar-refractivity contribution in [1.82, 2.24) is 29.9 Å². The van der Waals surface area contributed by atoms with Gasteiger partial charge in [0, 0.05) is 18.2 Å². The highest BCUT2D eigenvalue weighted by molar-refractivity contribution is 5.85. The number of carbonyl (C=O) groups is 3. The van der Waals surface area contributed by atoms with Crippen LogP contribution in [0.3, 0.4) is 0 Å². The minimum atomic E-state index is -0.963. The van der Waals surface area contributed by atoms with Crippen LogP contribution in [0.1, 0.15) is 17.1 Å². The van der Waals surface area contributed by atoms with Gasteiger partial charge in [0.1, 0.15) is 0 Å². The molecular weight excluding hydrogens is 396 g/mol. The molecule has 0 unspecified atom stereocenters. The average molecular weight is 414 g/mol. The van der Waals surface area contributed by atoms with Crippen molar-refractivity contribution >= 4 is 36.1 Å². The Balaban J connectivity index is 0.000000225. The monoisotopic (exact) mass is 414 g/mol. The van der Waals surface area contributed by atoms with E-state index in [0.29, 0.717) is 17.1 Å². The van der Waals surface area contributed by atoms with Crippen LogP contribution in [0.5, 0.6) is 0 Å². The molecular formula is C18H18N6O6. The van der Waals surface area contributed by atoms with Gasteiger partial charge < -0.3 is 30.3 Å². The number of H-pyrrole nitrogens is 3. The Morgan fingerprint density at radius 3 is 1.03 bits per heavy atom. The summed E-state index contributed by atoms with van der Waals surface area (Å²) in [7, 11) is 0. The minimum absolute atomic E-state index is 0.683. The van der Waals surface area contributed by atoms with E-state index in [4.69, 9.17) is 15.3 Å². The van der Waals surface area contributed by atoms with Gasteiger partial charge in [-0.2, -0.15) is 0 Å². The molecule has 0 radical (unpaired) electrons. The molecule has 0 aliphatic rings. The molecule has 0 fully saturated rings. The maximum absolute atomic E-state index is 9.97. The highest BCUT2D eigenvalue weighted by atomic mass is 16.4. The van der Waals surface area contributed by atoms with Crippen molar-refractivity contribution in [3.63, 3.8) is 0 Å². The van der Waals surface area contributed by atoms with Crippen molar-refractivity contribution in [3.05, 3.63) is 72.9 Å². The van der Waals surface area contributed by atoms with Crippen LogP contribution < -0.4 is 0 Å². The first-order chi connectivity index (χ1) is 14.4. The Kier molecular flexibility index (Phi) is 10.4. The number of aliphatic carboxylic acids is 3. The quantitative estimate of drug-likeness (QED) is 0.324. The Bertz CT molecular complexity index is 844. The van der Waals surface area contributed by atoms with E-state index in [2.05, 4.69) is 29.9 Å². The van der Waals surface area contributed by atoms with E-state index in [1.807, 2.05) is 0 Å². The van der Waals surface area contributed by atoms with Crippen LogP contribution in [0.15, 0.2) is 55.8 Å². The number of nitrogens with one attached hydrogen (secondary N) is 3. The number of nitrogens with zero attached hydrogens (tertiary/aromatic N) is 3. The summed E-state index contributed by atoms with van der Waals surface area (Å²) >= 11 is 0. The largest absolute Gasteiger partial charge is 0.478 e. The summed E-state index contributed by atoms with van der Waals surface area (Å²) in [4.78, 5) is 49.2. The van der Waals surface area contributed by atoms with Crippen LogP contribution in [0.2, 0.25) is 0 Å². The summed E-state index contributed by atoms with van der Waals surface area (Å²) < 4.78 is 0. The Morgan fingerprint density at radius 1 is 0.600 bits per heavy atom. The third kappa shape index (κ3) is 11.8. The summed E-state index contributed by atoms with van der Waals surface area (Å²) in [5, 5.41) is 24.6. The van der Waals surface area contributed by atoms with Gasteiger partial charge in [-0.15, -0.1) is 0 Å². The lowest BCUT2D eigenvalue weighted by Crippen LogP contribution is -1.85. The van der Waals surface area contributed by atoms with Gasteiger partial charge in [-0.25, -0.2) is 29.3 Å². The number of imidazole rings is 3. The van der Waals surface area contributed by atoms with Gasteiger partial charge >= 0.3 is 17.9 Å². The molecule has 30 heavy (non-hydrogen) atoms. The van der Waals surface area contributed by atoms with Crippen LogP contribution in [0.4, 0.5) is 0 Å². The standard InChI is InChI=1S/3C6H6N2O2/c3*9-6(10)2-1-5-3-7-4-8-5/h3*1-4H,(H,7,8)(H,9,10)/b2*2-1+;2-1-. The van der Waals surface area contributed by atoms with Crippen molar-refractivity contribution in [2.75, 3.05) is 0 Å². The van der Waals surface area contributed by atoms with E-state index in [-0.39, 0.29) is 0 Å². The number of aromatic nitrogens is 6. The van der Waals surface area contributed by atoms with Crippen molar-refractivity contribution < 1.29 is 29.7 Å². The first kappa shape index (κ1) is 23.3. The molecule has 6 N–H and O–H groups in total. The number of carboxylic acid groups (broad SMARTS) is 3. The van der Waals surface area contributed by atoms with Gasteiger partial charge in [-0.05, 0) is 18.2 Å². The molecule has 3 aromatic heterocycles. The maximum Gasteiger partial charge on any atom is 0.328 e. The average Bonchev–Trinajstić information content (AvgIpc) is 3.48. The van der Waals surface area contributed by atoms with Crippen LogP contribution >= 0.6 is 0 Å². The molecule has 3 heterocycles. The highest BCUT2D eigenvalue weighted by Crippen LogP contribution is 1.94. The first-order valence-electron chi connectivity index (χ1n) is 8.05. The summed E-state index contributed by atoms with van der Waals surface area (Å²) in [6.45, 7) is 0.